The van der Waals surface area contributed by atoms with Gasteiger partial charge < -0.3 is 14.4 Å². The van der Waals surface area contributed by atoms with E-state index in [1.807, 2.05) is 25.3 Å². The standard InChI is InChI=1S/C12H21N3O3S/c1-8(2)15-10(6-5-9(3)18-4)13-14-12(15)19-7-11(16)17/h8-9H,5-7H2,1-4H3,(H,16,17). The first kappa shape index (κ1) is 16.0. The minimum Gasteiger partial charge on any atom is -0.481 e. The van der Waals surface area contributed by atoms with Gasteiger partial charge in [0.25, 0.3) is 0 Å². The Bertz CT molecular complexity index is 420. The van der Waals surface area contributed by atoms with E-state index in [0.717, 1.165) is 18.7 Å². The molecule has 0 saturated carbocycles. The molecule has 1 aromatic rings. The van der Waals surface area contributed by atoms with Gasteiger partial charge in [0, 0.05) is 19.6 Å². The Kier molecular flexibility index (Phi) is 6.30. The van der Waals surface area contributed by atoms with Gasteiger partial charge in [-0.15, -0.1) is 10.2 Å². The van der Waals surface area contributed by atoms with Crippen LogP contribution in [-0.2, 0) is 16.0 Å². The highest BCUT2D eigenvalue weighted by atomic mass is 32.2. The van der Waals surface area contributed by atoms with Crippen LogP contribution in [0.1, 0.15) is 39.1 Å². The van der Waals surface area contributed by atoms with Crippen molar-refractivity contribution in [2.75, 3.05) is 12.9 Å². The van der Waals surface area contributed by atoms with Crippen LogP contribution in [-0.4, -0.2) is 44.8 Å². The third-order valence-corrected chi connectivity index (χ3v) is 3.68. The lowest BCUT2D eigenvalue weighted by Crippen LogP contribution is -2.12. The van der Waals surface area contributed by atoms with E-state index in [9.17, 15) is 4.79 Å². The number of aliphatic carboxylic acids is 1. The summed E-state index contributed by atoms with van der Waals surface area (Å²) in [4.78, 5) is 10.6. The highest BCUT2D eigenvalue weighted by molar-refractivity contribution is 7.99. The minimum atomic E-state index is -0.849. The molecule has 1 unspecified atom stereocenters. The van der Waals surface area contributed by atoms with Gasteiger partial charge >= 0.3 is 5.97 Å². The topological polar surface area (TPSA) is 77.2 Å². The summed E-state index contributed by atoms with van der Waals surface area (Å²) in [5.41, 5.74) is 0. The first-order valence-electron chi connectivity index (χ1n) is 6.26. The molecule has 0 aliphatic carbocycles. The summed E-state index contributed by atoms with van der Waals surface area (Å²) in [6.45, 7) is 6.09. The Balaban J connectivity index is 2.78. The lowest BCUT2D eigenvalue weighted by molar-refractivity contribution is -0.133. The highest BCUT2D eigenvalue weighted by Gasteiger charge is 2.16. The van der Waals surface area contributed by atoms with E-state index in [0.29, 0.717) is 5.16 Å². The molecule has 1 aromatic heterocycles. The van der Waals surface area contributed by atoms with Gasteiger partial charge in [-0.05, 0) is 27.2 Å². The van der Waals surface area contributed by atoms with Gasteiger partial charge in [0.05, 0.1) is 11.9 Å². The number of methoxy groups -OCH3 is 1. The van der Waals surface area contributed by atoms with Gasteiger partial charge in [-0.25, -0.2) is 0 Å². The molecule has 0 aliphatic rings. The summed E-state index contributed by atoms with van der Waals surface area (Å²) >= 11 is 1.20. The van der Waals surface area contributed by atoms with Crippen LogP contribution in [0.2, 0.25) is 0 Å². The zero-order chi connectivity index (χ0) is 14.4. The summed E-state index contributed by atoms with van der Waals surface area (Å²) in [7, 11) is 1.69. The van der Waals surface area contributed by atoms with Crippen molar-refractivity contribution in [2.45, 2.75) is 50.9 Å². The maximum atomic E-state index is 10.6. The summed E-state index contributed by atoms with van der Waals surface area (Å²) in [6.07, 6.45) is 1.81. The second kappa shape index (κ2) is 7.49. The number of nitrogens with zero attached hydrogens (tertiary/aromatic N) is 3. The van der Waals surface area contributed by atoms with Crippen LogP contribution in [0.5, 0.6) is 0 Å². The Labute approximate surface area is 117 Å². The molecule has 1 heterocycles. The maximum Gasteiger partial charge on any atom is 0.313 e. The molecular weight excluding hydrogens is 266 g/mol. The Morgan fingerprint density at radius 2 is 2.11 bits per heavy atom. The van der Waals surface area contributed by atoms with Crippen molar-refractivity contribution in [3.05, 3.63) is 5.82 Å². The third-order valence-electron chi connectivity index (χ3n) is 2.75. The van der Waals surface area contributed by atoms with Crippen molar-refractivity contribution in [1.29, 1.82) is 0 Å². The average Bonchev–Trinajstić information content (AvgIpc) is 2.76. The van der Waals surface area contributed by atoms with Gasteiger partial charge in [-0.2, -0.15) is 0 Å². The molecule has 0 aromatic carbocycles. The monoisotopic (exact) mass is 287 g/mol. The fraction of sp³-hybridized carbons (Fsp3) is 0.750. The Hall–Kier alpha value is -1.08. The van der Waals surface area contributed by atoms with E-state index in [4.69, 9.17) is 9.84 Å². The van der Waals surface area contributed by atoms with Crippen LogP contribution in [0.15, 0.2) is 5.16 Å². The molecule has 108 valence electrons. The van der Waals surface area contributed by atoms with Gasteiger partial charge in [0.1, 0.15) is 5.82 Å². The summed E-state index contributed by atoms with van der Waals surface area (Å²) in [6, 6.07) is 0.208. The average molecular weight is 287 g/mol. The highest BCUT2D eigenvalue weighted by Crippen LogP contribution is 2.22. The normalized spacial score (nSPS) is 12.9. The minimum absolute atomic E-state index is 0.000667. The van der Waals surface area contributed by atoms with E-state index in [-0.39, 0.29) is 17.9 Å². The van der Waals surface area contributed by atoms with Crippen molar-refractivity contribution in [1.82, 2.24) is 14.8 Å². The van der Waals surface area contributed by atoms with Crippen LogP contribution in [0.4, 0.5) is 0 Å². The third kappa shape index (κ3) is 4.83. The number of ether oxygens (including phenoxy) is 1. The SMILES string of the molecule is COC(C)CCc1nnc(SCC(=O)O)n1C(C)C. The molecule has 7 heteroatoms. The first-order valence-corrected chi connectivity index (χ1v) is 7.25. The Morgan fingerprint density at radius 3 is 2.63 bits per heavy atom. The summed E-state index contributed by atoms with van der Waals surface area (Å²) in [5.74, 6) is 0.0314. The smallest absolute Gasteiger partial charge is 0.313 e. The molecule has 1 atom stereocenters. The van der Waals surface area contributed by atoms with Gasteiger partial charge in [0.2, 0.25) is 0 Å². The molecule has 0 amide bonds. The zero-order valence-electron chi connectivity index (χ0n) is 11.8. The second-order valence-corrected chi connectivity index (χ2v) is 5.57. The fourth-order valence-corrected chi connectivity index (χ4v) is 2.48. The number of carboxylic acid groups (broad SMARTS) is 1. The lowest BCUT2D eigenvalue weighted by atomic mass is 10.2. The predicted molar refractivity (Wildman–Crippen MR) is 73.6 cm³/mol. The molecule has 0 aliphatic heterocycles. The number of carboxylic acids is 1. The molecule has 0 bridgehead atoms. The quantitative estimate of drug-likeness (QED) is 0.737. The number of aryl methyl sites for hydroxylation is 1. The van der Waals surface area contributed by atoms with E-state index < -0.39 is 5.97 Å². The fourth-order valence-electron chi connectivity index (χ4n) is 1.67. The van der Waals surface area contributed by atoms with Crippen LogP contribution in [0.3, 0.4) is 0 Å². The van der Waals surface area contributed by atoms with Crippen LogP contribution >= 0.6 is 11.8 Å². The van der Waals surface area contributed by atoms with E-state index in [1.165, 1.54) is 11.8 Å². The van der Waals surface area contributed by atoms with Crippen molar-refractivity contribution in [3.63, 3.8) is 0 Å². The van der Waals surface area contributed by atoms with E-state index in [1.54, 1.807) is 7.11 Å². The van der Waals surface area contributed by atoms with Crippen LogP contribution in [0.25, 0.3) is 0 Å². The molecule has 0 radical (unpaired) electrons. The molecule has 6 nitrogen and oxygen atoms in total. The van der Waals surface area contributed by atoms with Gasteiger partial charge in [-0.1, -0.05) is 11.8 Å². The predicted octanol–water partition coefficient (Wildman–Crippen LogP) is 2.00. The summed E-state index contributed by atoms with van der Waals surface area (Å²) < 4.78 is 7.21. The van der Waals surface area contributed by atoms with Gasteiger partial charge in [0.15, 0.2) is 5.16 Å². The first-order chi connectivity index (χ1) is 8.95. The number of hydrogen-bond donors (Lipinski definition) is 1. The number of rotatable bonds is 8. The van der Waals surface area contributed by atoms with E-state index >= 15 is 0 Å². The number of carbonyl (C=O) groups is 1. The van der Waals surface area contributed by atoms with Crippen LogP contribution < -0.4 is 0 Å². The molecule has 0 saturated heterocycles. The maximum absolute atomic E-state index is 10.6. The van der Waals surface area contributed by atoms with Gasteiger partial charge in [-0.3, -0.25) is 4.79 Å². The molecular formula is C12H21N3O3S. The number of aromatic nitrogens is 3. The molecule has 0 fully saturated rings. The van der Waals surface area contributed by atoms with Crippen molar-refractivity contribution < 1.29 is 14.6 Å². The lowest BCUT2D eigenvalue weighted by Gasteiger charge is -2.14. The van der Waals surface area contributed by atoms with E-state index in [2.05, 4.69) is 10.2 Å². The number of thioether (sulfide) groups is 1. The summed E-state index contributed by atoms with van der Waals surface area (Å²) in [5, 5.41) is 17.6. The second-order valence-electron chi connectivity index (χ2n) is 4.63. The van der Waals surface area contributed by atoms with Crippen molar-refractivity contribution in [3.8, 4) is 0 Å². The van der Waals surface area contributed by atoms with Crippen molar-refractivity contribution >= 4 is 17.7 Å². The van der Waals surface area contributed by atoms with Crippen molar-refractivity contribution in [2.24, 2.45) is 0 Å². The molecule has 1 N–H and O–H groups in total. The Morgan fingerprint density at radius 1 is 1.42 bits per heavy atom. The van der Waals surface area contributed by atoms with Crippen LogP contribution in [0, 0.1) is 0 Å². The molecule has 1 rings (SSSR count). The molecule has 19 heavy (non-hydrogen) atoms. The number of hydrogen-bond acceptors (Lipinski definition) is 5. The largest absolute Gasteiger partial charge is 0.481 e. The molecule has 0 spiro atoms. The zero-order valence-corrected chi connectivity index (χ0v) is 12.6.